The standard InChI is InChI=1S/C15H16ClNO/c1-10(17)11-6-7-15(16)14(9-11)12-4-3-5-13(8-12)18-2/h3-10H,17H2,1-2H3. The number of benzene rings is 2. The Labute approximate surface area is 112 Å². The van der Waals surface area contributed by atoms with Gasteiger partial charge >= 0.3 is 0 Å². The van der Waals surface area contributed by atoms with Crippen LogP contribution in [-0.4, -0.2) is 7.11 Å². The molecule has 1 atom stereocenters. The van der Waals surface area contributed by atoms with Gasteiger partial charge in [-0.15, -0.1) is 0 Å². The molecule has 0 heterocycles. The SMILES string of the molecule is COc1cccc(-c2cc(C(C)N)ccc2Cl)c1. The molecule has 2 rings (SSSR count). The minimum atomic E-state index is -0.00776. The Morgan fingerprint density at radius 2 is 1.94 bits per heavy atom. The van der Waals surface area contributed by atoms with Crippen molar-refractivity contribution in [1.82, 2.24) is 0 Å². The lowest BCUT2D eigenvalue weighted by atomic mass is 10.00. The first kappa shape index (κ1) is 12.9. The van der Waals surface area contributed by atoms with Crippen LogP contribution in [0.3, 0.4) is 0 Å². The van der Waals surface area contributed by atoms with Crippen molar-refractivity contribution in [3.63, 3.8) is 0 Å². The summed E-state index contributed by atoms with van der Waals surface area (Å²) >= 11 is 6.25. The number of hydrogen-bond donors (Lipinski definition) is 1. The highest BCUT2D eigenvalue weighted by Crippen LogP contribution is 2.32. The molecular weight excluding hydrogens is 246 g/mol. The van der Waals surface area contributed by atoms with Gasteiger partial charge in [-0.3, -0.25) is 0 Å². The zero-order chi connectivity index (χ0) is 13.1. The molecule has 0 amide bonds. The van der Waals surface area contributed by atoms with Crippen molar-refractivity contribution in [2.45, 2.75) is 13.0 Å². The molecular formula is C15H16ClNO. The number of methoxy groups -OCH3 is 1. The van der Waals surface area contributed by atoms with Crippen LogP contribution in [0.5, 0.6) is 5.75 Å². The minimum Gasteiger partial charge on any atom is -0.497 e. The first-order valence-electron chi connectivity index (χ1n) is 5.81. The van der Waals surface area contributed by atoms with Crippen LogP contribution >= 0.6 is 11.6 Å². The molecule has 2 aromatic rings. The Hall–Kier alpha value is -1.51. The molecule has 0 saturated carbocycles. The van der Waals surface area contributed by atoms with Crippen molar-refractivity contribution in [2.24, 2.45) is 5.73 Å². The monoisotopic (exact) mass is 261 g/mol. The van der Waals surface area contributed by atoms with Gasteiger partial charge in [-0.05, 0) is 42.3 Å². The lowest BCUT2D eigenvalue weighted by molar-refractivity contribution is 0.415. The molecule has 0 aliphatic carbocycles. The molecule has 0 saturated heterocycles. The molecule has 2 N–H and O–H groups in total. The molecule has 0 aliphatic rings. The Morgan fingerprint density at radius 3 is 2.61 bits per heavy atom. The highest BCUT2D eigenvalue weighted by molar-refractivity contribution is 6.33. The maximum Gasteiger partial charge on any atom is 0.119 e. The summed E-state index contributed by atoms with van der Waals surface area (Å²) in [6, 6.07) is 13.7. The third-order valence-electron chi connectivity index (χ3n) is 2.90. The van der Waals surface area contributed by atoms with Crippen LogP contribution < -0.4 is 10.5 Å². The van der Waals surface area contributed by atoms with Gasteiger partial charge < -0.3 is 10.5 Å². The van der Waals surface area contributed by atoms with Crippen LogP contribution in [0, 0.1) is 0 Å². The van der Waals surface area contributed by atoms with Crippen molar-refractivity contribution in [2.75, 3.05) is 7.11 Å². The molecule has 0 aliphatic heterocycles. The first-order chi connectivity index (χ1) is 8.61. The van der Waals surface area contributed by atoms with Gasteiger partial charge in [-0.1, -0.05) is 29.8 Å². The zero-order valence-corrected chi connectivity index (χ0v) is 11.2. The summed E-state index contributed by atoms with van der Waals surface area (Å²) in [6.07, 6.45) is 0. The van der Waals surface area contributed by atoms with E-state index in [0.29, 0.717) is 5.02 Å². The van der Waals surface area contributed by atoms with Gasteiger partial charge in [0.05, 0.1) is 7.11 Å². The Kier molecular flexibility index (Phi) is 3.90. The largest absolute Gasteiger partial charge is 0.497 e. The summed E-state index contributed by atoms with van der Waals surface area (Å²) in [7, 11) is 1.65. The summed E-state index contributed by atoms with van der Waals surface area (Å²) in [5.74, 6) is 0.815. The lowest BCUT2D eigenvalue weighted by Gasteiger charge is -2.11. The second-order valence-corrected chi connectivity index (χ2v) is 4.67. The van der Waals surface area contributed by atoms with Gasteiger partial charge in [0, 0.05) is 16.6 Å². The van der Waals surface area contributed by atoms with Gasteiger partial charge in [-0.25, -0.2) is 0 Å². The van der Waals surface area contributed by atoms with E-state index < -0.39 is 0 Å². The third kappa shape index (κ3) is 2.66. The second-order valence-electron chi connectivity index (χ2n) is 4.26. The van der Waals surface area contributed by atoms with Crippen molar-refractivity contribution in [3.05, 3.63) is 53.1 Å². The summed E-state index contributed by atoms with van der Waals surface area (Å²) in [5.41, 5.74) is 8.97. The number of hydrogen-bond acceptors (Lipinski definition) is 2. The average Bonchev–Trinajstić information content (AvgIpc) is 2.39. The van der Waals surface area contributed by atoms with Gasteiger partial charge in [0.15, 0.2) is 0 Å². The fourth-order valence-electron chi connectivity index (χ4n) is 1.84. The zero-order valence-electron chi connectivity index (χ0n) is 10.5. The quantitative estimate of drug-likeness (QED) is 0.905. The molecule has 94 valence electrons. The predicted molar refractivity (Wildman–Crippen MR) is 76.0 cm³/mol. The molecule has 2 aromatic carbocycles. The maximum absolute atomic E-state index is 6.25. The highest BCUT2D eigenvalue weighted by Gasteiger charge is 2.08. The molecule has 1 unspecified atom stereocenters. The lowest BCUT2D eigenvalue weighted by Crippen LogP contribution is -2.04. The van der Waals surface area contributed by atoms with Gasteiger partial charge in [0.2, 0.25) is 0 Å². The molecule has 0 aromatic heterocycles. The smallest absolute Gasteiger partial charge is 0.119 e. The average molecular weight is 262 g/mol. The number of ether oxygens (including phenoxy) is 1. The van der Waals surface area contributed by atoms with E-state index in [1.165, 1.54) is 0 Å². The van der Waals surface area contributed by atoms with Crippen LogP contribution in [0.4, 0.5) is 0 Å². The molecule has 2 nitrogen and oxygen atoms in total. The van der Waals surface area contributed by atoms with Crippen LogP contribution in [-0.2, 0) is 0 Å². The summed E-state index contributed by atoms with van der Waals surface area (Å²) in [4.78, 5) is 0. The van der Waals surface area contributed by atoms with E-state index in [0.717, 1.165) is 22.4 Å². The molecule has 18 heavy (non-hydrogen) atoms. The Balaban J connectivity index is 2.51. The molecule has 0 fully saturated rings. The van der Waals surface area contributed by atoms with Crippen LogP contribution in [0.15, 0.2) is 42.5 Å². The van der Waals surface area contributed by atoms with Gasteiger partial charge in [-0.2, -0.15) is 0 Å². The van der Waals surface area contributed by atoms with Gasteiger partial charge in [0.1, 0.15) is 5.75 Å². The van der Waals surface area contributed by atoms with Crippen LogP contribution in [0.1, 0.15) is 18.5 Å². The Bertz CT molecular complexity index is 552. The predicted octanol–water partition coefficient (Wildman–Crippen LogP) is 4.04. The van der Waals surface area contributed by atoms with E-state index in [2.05, 4.69) is 0 Å². The van der Waals surface area contributed by atoms with Gasteiger partial charge in [0.25, 0.3) is 0 Å². The third-order valence-corrected chi connectivity index (χ3v) is 3.23. The van der Waals surface area contributed by atoms with E-state index in [1.54, 1.807) is 7.11 Å². The maximum atomic E-state index is 6.25. The van der Waals surface area contributed by atoms with Crippen LogP contribution in [0.2, 0.25) is 5.02 Å². The fraction of sp³-hybridized carbons (Fsp3) is 0.200. The number of rotatable bonds is 3. The van der Waals surface area contributed by atoms with E-state index in [-0.39, 0.29) is 6.04 Å². The normalized spacial score (nSPS) is 12.2. The topological polar surface area (TPSA) is 35.2 Å². The number of nitrogens with two attached hydrogens (primary N) is 1. The highest BCUT2D eigenvalue weighted by atomic mass is 35.5. The Morgan fingerprint density at radius 1 is 1.17 bits per heavy atom. The van der Waals surface area contributed by atoms with Crippen molar-refractivity contribution in [3.8, 4) is 16.9 Å². The van der Waals surface area contributed by atoms with Crippen molar-refractivity contribution in [1.29, 1.82) is 0 Å². The van der Waals surface area contributed by atoms with Crippen molar-refractivity contribution >= 4 is 11.6 Å². The van der Waals surface area contributed by atoms with Crippen molar-refractivity contribution < 1.29 is 4.74 Å². The van der Waals surface area contributed by atoms with Crippen LogP contribution in [0.25, 0.3) is 11.1 Å². The molecule has 3 heteroatoms. The molecule has 0 spiro atoms. The fourth-order valence-corrected chi connectivity index (χ4v) is 2.06. The van der Waals surface area contributed by atoms with E-state index >= 15 is 0 Å². The summed E-state index contributed by atoms with van der Waals surface area (Å²) < 4.78 is 5.23. The van der Waals surface area contributed by atoms with E-state index in [9.17, 15) is 0 Å². The number of halogens is 1. The second kappa shape index (κ2) is 5.42. The molecule has 0 radical (unpaired) electrons. The summed E-state index contributed by atoms with van der Waals surface area (Å²) in [6.45, 7) is 1.96. The summed E-state index contributed by atoms with van der Waals surface area (Å²) in [5, 5.41) is 0.715. The first-order valence-corrected chi connectivity index (χ1v) is 6.19. The van der Waals surface area contributed by atoms with E-state index in [4.69, 9.17) is 22.1 Å². The minimum absolute atomic E-state index is 0.00776. The molecule has 0 bridgehead atoms. The van der Waals surface area contributed by atoms with E-state index in [1.807, 2.05) is 49.4 Å².